The Balaban J connectivity index is 2.65. The van der Waals surface area contributed by atoms with Gasteiger partial charge in [0, 0.05) is 4.83 Å². The Bertz CT molecular complexity index is 289. The molecule has 0 spiro atoms. The lowest BCUT2D eigenvalue weighted by Gasteiger charge is -2.20. The van der Waals surface area contributed by atoms with Crippen molar-refractivity contribution in [3.05, 3.63) is 35.4 Å². The molecule has 0 aromatic heterocycles. The zero-order valence-electron chi connectivity index (χ0n) is 9.96. The smallest absolute Gasteiger partial charge is 0.0214 e. The summed E-state index contributed by atoms with van der Waals surface area (Å²) >= 11 is 3.84. The van der Waals surface area contributed by atoms with Gasteiger partial charge in [-0.15, -0.1) is 0 Å². The standard InChI is InChI=1S/C14H21Br/c1-4-12(5-2)14(15)10-13-9-7-6-8-11(13)3/h6-9,12,14H,4-5,10H2,1-3H3. The highest BCUT2D eigenvalue weighted by molar-refractivity contribution is 9.09. The quantitative estimate of drug-likeness (QED) is 0.677. The molecule has 1 aromatic rings. The third kappa shape index (κ3) is 3.64. The van der Waals surface area contributed by atoms with E-state index in [1.165, 1.54) is 24.0 Å². The molecule has 0 bridgehead atoms. The van der Waals surface area contributed by atoms with Crippen LogP contribution in [0.15, 0.2) is 24.3 Å². The van der Waals surface area contributed by atoms with Gasteiger partial charge in [0.25, 0.3) is 0 Å². The van der Waals surface area contributed by atoms with E-state index in [9.17, 15) is 0 Å². The van der Waals surface area contributed by atoms with Crippen LogP contribution in [-0.2, 0) is 6.42 Å². The van der Waals surface area contributed by atoms with E-state index in [0.717, 1.165) is 12.3 Å². The molecule has 1 atom stereocenters. The van der Waals surface area contributed by atoms with E-state index in [2.05, 4.69) is 61.0 Å². The van der Waals surface area contributed by atoms with E-state index in [1.54, 1.807) is 0 Å². The molecule has 1 heteroatoms. The molecule has 0 aliphatic carbocycles. The van der Waals surface area contributed by atoms with Crippen LogP contribution in [0, 0.1) is 12.8 Å². The predicted octanol–water partition coefficient (Wildman–Crippen LogP) is 4.74. The first-order valence-corrected chi connectivity index (χ1v) is 6.79. The van der Waals surface area contributed by atoms with Gasteiger partial charge in [-0.05, 0) is 30.4 Å². The Hall–Kier alpha value is -0.300. The fraction of sp³-hybridized carbons (Fsp3) is 0.571. The molecule has 1 unspecified atom stereocenters. The first kappa shape index (κ1) is 12.8. The zero-order chi connectivity index (χ0) is 11.3. The van der Waals surface area contributed by atoms with Crippen molar-refractivity contribution in [3.8, 4) is 0 Å². The summed E-state index contributed by atoms with van der Waals surface area (Å²) in [6.45, 7) is 6.75. The van der Waals surface area contributed by atoms with E-state index >= 15 is 0 Å². The van der Waals surface area contributed by atoms with Gasteiger partial charge in [0.1, 0.15) is 0 Å². The third-order valence-electron chi connectivity index (χ3n) is 3.24. The maximum absolute atomic E-state index is 3.84. The number of benzene rings is 1. The fourth-order valence-electron chi connectivity index (χ4n) is 2.02. The van der Waals surface area contributed by atoms with Crippen molar-refractivity contribution in [2.75, 3.05) is 0 Å². The topological polar surface area (TPSA) is 0 Å². The van der Waals surface area contributed by atoms with Crippen LogP contribution in [0.4, 0.5) is 0 Å². The summed E-state index contributed by atoms with van der Waals surface area (Å²) in [5.41, 5.74) is 2.89. The summed E-state index contributed by atoms with van der Waals surface area (Å²) < 4.78 is 0. The first-order chi connectivity index (χ1) is 7.19. The highest BCUT2D eigenvalue weighted by atomic mass is 79.9. The third-order valence-corrected chi connectivity index (χ3v) is 4.31. The van der Waals surface area contributed by atoms with Crippen molar-refractivity contribution in [2.45, 2.75) is 44.9 Å². The summed E-state index contributed by atoms with van der Waals surface area (Å²) in [5.74, 6) is 0.796. The number of hydrogen-bond acceptors (Lipinski definition) is 0. The molecular formula is C14H21Br. The average molecular weight is 269 g/mol. The number of hydrogen-bond donors (Lipinski definition) is 0. The molecule has 0 amide bonds. The molecule has 0 heterocycles. The maximum Gasteiger partial charge on any atom is 0.0214 e. The normalized spacial score (nSPS) is 13.1. The van der Waals surface area contributed by atoms with Crippen molar-refractivity contribution in [2.24, 2.45) is 5.92 Å². The van der Waals surface area contributed by atoms with E-state index < -0.39 is 0 Å². The van der Waals surface area contributed by atoms with E-state index in [1.807, 2.05) is 0 Å². The molecule has 0 fully saturated rings. The minimum atomic E-state index is 0.619. The Kier molecular flexibility index (Phi) is 5.38. The Morgan fingerprint density at radius 2 is 1.73 bits per heavy atom. The molecule has 0 radical (unpaired) electrons. The first-order valence-electron chi connectivity index (χ1n) is 5.87. The SMILES string of the molecule is CCC(CC)C(Br)Cc1ccccc1C. The van der Waals surface area contributed by atoms with Crippen molar-refractivity contribution in [3.63, 3.8) is 0 Å². The molecule has 15 heavy (non-hydrogen) atoms. The largest absolute Gasteiger partial charge is 0.0884 e. The van der Waals surface area contributed by atoms with Crippen LogP contribution >= 0.6 is 15.9 Å². The molecule has 0 aliphatic rings. The van der Waals surface area contributed by atoms with Crippen molar-refractivity contribution in [1.82, 2.24) is 0 Å². The monoisotopic (exact) mass is 268 g/mol. The van der Waals surface area contributed by atoms with Gasteiger partial charge in [-0.25, -0.2) is 0 Å². The fourth-order valence-corrected chi connectivity index (χ4v) is 3.11. The van der Waals surface area contributed by atoms with Gasteiger partial charge in [-0.2, -0.15) is 0 Å². The summed E-state index contributed by atoms with van der Waals surface area (Å²) in [4.78, 5) is 0.619. The summed E-state index contributed by atoms with van der Waals surface area (Å²) in [5, 5.41) is 0. The van der Waals surface area contributed by atoms with Gasteiger partial charge in [0.2, 0.25) is 0 Å². The minimum Gasteiger partial charge on any atom is -0.0884 e. The van der Waals surface area contributed by atoms with Gasteiger partial charge in [-0.1, -0.05) is 66.9 Å². The van der Waals surface area contributed by atoms with Crippen LogP contribution in [0.2, 0.25) is 0 Å². The van der Waals surface area contributed by atoms with Crippen LogP contribution in [0.5, 0.6) is 0 Å². The van der Waals surface area contributed by atoms with Crippen molar-refractivity contribution >= 4 is 15.9 Å². The zero-order valence-corrected chi connectivity index (χ0v) is 11.5. The number of alkyl halides is 1. The Morgan fingerprint density at radius 3 is 2.27 bits per heavy atom. The predicted molar refractivity (Wildman–Crippen MR) is 71.7 cm³/mol. The summed E-state index contributed by atoms with van der Waals surface area (Å²) in [6.07, 6.45) is 3.68. The van der Waals surface area contributed by atoms with Crippen molar-refractivity contribution in [1.29, 1.82) is 0 Å². The lowest BCUT2D eigenvalue weighted by atomic mass is 9.93. The molecule has 0 nitrogen and oxygen atoms in total. The molecule has 0 saturated heterocycles. The van der Waals surface area contributed by atoms with E-state index in [-0.39, 0.29) is 0 Å². The molecule has 1 rings (SSSR count). The van der Waals surface area contributed by atoms with E-state index in [0.29, 0.717) is 4.83 Å². The minimum absolute atomic E-state index is 0.619. The molecule has 84 valence electrons. The highest BCUT2D eigenvalue weighted by Crippen LogP contribution is 2.24. The van der Waals surface area contributed by atoms with Gasteiger partial charge < -0.3 is 0 Å². The van der Waals surface area contributed by atoms with Gasteiger partial charge >= 0.3 is 0 Å². The van der Waals surface area contributed by atoms with Gasteiger partial charge in [-0.3, -0.25) is 0 Å². The van der Waals surface area contributed by atoms with Crippen LogP contribution in [0.1, 0.15) is 37.8 Å². The van der Waals surface area contributed by atoms with Crippen LogP contribution in [-0.4, -0.2) is 4.83 Å². The molecule has 1 aromatic carbocycles. The molecule has 0 saturated carbocycles. The Labute approximate surface area is 102 Å². The van der Waals surface area contributed by atoms with E-state index in [4.69, 9.17) is 0 Å². The number of halogens is 1. The second-order valence-electron chi connectivity index (χ2n) is 4.22. The van der Waals surface area contributed by atoms with Crippen molar-refractivity contribution < 1.29 is 0 Å². The van der Waals surface area contributed by atoms with Crippen LogP contribution in [0.25, 0.3) is 0 Å². The van der Waals surface area contributed by atoms with Gasteiger partial charge in [0.05, 0.1) is 0 Å². The number of rotatable bonds is 5. The average Bonchev–Trinajstić information content (AvgIpc) is 2.23. The van der Waals surface area contributed by atoms with Crippen LogP contribution in [0.3, 0.4) is 0 Å². The molecular weight excluding hydrogens is 248 g/mol. The molecule has 0 N–H and O–H groups in total. The summed E-state index contributed by atoms with van der Waals surface area (Å²) in [7, 11) is 0. The Morgan fingerprint density at radius 1 is 1.13 bits per heavy atom. The lowest BCUT2D eigenvalue weighted by Crippen LogP contribution is -2.16. The number of aryl methyl sites for hydroxylation is 1. The second kappa shape index (κ2) is 6.32. The second-order valence-corrected chi connectivity index (χ2v) is 5.40. The van der Waals surface area contributed by atoms with Crippen LogP contribution < -0.4 is 0 Å². The maximum atomic E-state index is 3.84. The lowest BCUT2D eigenvalue weighted by molar-refractivity contribution is 0.474. The van der Waals surface area contributed by atoms with Gasteiger partial charge in [0.15, 0.2) is 0 Å². The molecule has 0 aliphatic heterocycles. The highest BCUT2D eigenvalue weighted by Gasteiger charge is 2.16. The summed E-state index contributed by atoms with van der Waals surface area (Å²) in [6, 6.07) is 8.68.